The third-order valence-electron chi connectivity index (χ3n) is 5.63. The average molecular weight is 488 g/mol. The minimum Gasteiger partial charge on any atom is -0.494 e. The molecule has 33 heavy (non-hydrogen) atoms. The predicted octanol–water partition coefficient (Wildman–Crippen LogP) is 5.44. The number of carbonyl (C=O) groups is 2. The molecule has 7 nitrogen and oxygen atoms in total. The maximum Gasteiger partial charge on any atom is 0.341 e. The molecule has 0 fully saturated rings. The Bertz CT molecular complexity index is 1170. The molecule has 0 unspecified atom stereocenters. The first kappa shape index (κ1) is 23.6. The fourth-order valence-electron chi connectivity index (χ4n) is 3.97. The van der Waals surface area contributed by atoms with E-state index < -0.39 is 5.25 Å². The number of anilines is 1. The minimum atomic E-state index is -0.412. The number of ether oxygens (including phenoxy) is 2. The molecule has 4 rings (SSSR count). The number of nitrogens with one attached hydrogen (secondary N) is 2. The molecular formula is C24H29N3O4S2. The second-order valence-electron chi connectivity index (χ2n) is 8.18. The molecule has 0 saturated heterocycles. The van der Waals surface area contributed by atoms with Crippen molar-refractivity contribution in [2.45, 2.75) is 57.4 Å². The molecule has 9 heteroatoms. The van der Waals surface area contributed by atoms with E-state index in [-0.39, 0.29) is 11.9 Å². The molecule has 1 amide bonds. The van der Waals surface area contributed by atoms with E-state index in [1.54, 1.807) is 6.92 Å². The predicted molar refractivity (Wildman–Crippen MR) is 133 cm³/mol. The molecule has 1 aliphatic rings. The van der Waals surface area contributed by atoms with Crippen LogP contribution in [0.2, 0.25) is 0 Å². The van der Waals surface area contributed by atoms with Gasteiger partial charge in [0.1, 0.15) is 10.8 Å². The third-order valence-corrected chi connectivity index (χ3v) is 7.78. The number of imidazole rings is 1. The number of nitrogens with zero attached hydrogens (tertiary/aromatic N) is 1. The SMILES string of the molecule is CCOC(=O)c1c(NC(=O)[C@@H](C)Sc2nc3ccc(OCC)cc3[nH]2)sc2c1CC[C@H](C)C2. The highest BCUT2D eigenvalue weighted by Gasteiger charge is 2.30. The van der Waals surface area contributed by atoms with Gasteiger partial charge in [-0.05, 0) is 63.6 Å². The lowest BCUT2D eigenvalue weighted by Crippen LogP contribution is -2.23. The van der Waals surface area contributed by atoms with Gasteiger partial charge in [-0.2, -0.15) is 0 Å². The lowest BCUT2D eigenvalue weighted by molar-refractivity contribution is -0.115. The summed E-state index contributed by atoms with van der Waals surface area (Å²) >= 11 is 2.85. The van der Waals surface area contributed by atoms with Crippen molar-refractivity contribution in [3.8, 4) is 5.75 Å². The molecular weight excluding hydrogens is 458 g/mol. The van der Waals surface area contributed by atoms with Gasteiger partial charge in [-0.3, -0.25) is 4.79 Å². The van der Waals surface area contributed by atoms with Crippen LogP contribution in [0.4, 0.5) is 5.00 Å². The highest BCUT2D eigenvalue weighted by atomic mass is 32.2. The van der Waals surface area contributed by atoms with Crippen LogP contribution in [0.25, 0.3) is 11.0 Å². The van der Waals surface area contributed by atoms with E-state index >= 15 is 0 Å². The van der Waals surface area contributed by atoms with Crippen molar-refractivity contribution >= 4 is 51.0 Å². The molecule has 176 valence electrons. The largest absolute Gasteiger partial charge is 0.494 e. The highest BCUT2D eigenvalue weighted by molar-refractivity contribution is 8.00. The fraction of sp³-hybridized carbons (Fsp3) is 0.458. The van der Waals surface area contributed by atoms with Crippen LogP contribution in [-0.2, 0) is 22.4 Å². The van der Waals surface area contributed by atoms with E-state index in [0.29, 0.717) is 34.9 Å². The number of rotatable bonds is 8. The fourth-order valence-corrected chi connectivity index (χ4v) is 6.19. The number of hydrogen-bond acceptors (Lipinski definition) is 7. The molecule has 0 spiro atoms. The number of H-pyrrole nitrogens is 1. The molecule has 0 bridgehead atoms. The van der Waals surface area contributed by atoms with Crippen molar-refractivity contribution in [1.29, 1.82) is 0 Å². The summed E-state index contributed by atoms with van der Waals surface area (Å²) in [6, 6.07) is 5.69. The molecule has 2 heterocycles. The molecule has 1 aliphatic carbocycles. The van der Waals surface area contributed by atoms with Gasteiger partial charge in [0, 0.05) is 10.9 Å². The van der Waals surface area contributed by atoms with E-state index in [1.165, 1.54) is 28.0 Å². The summed E-state index contributed by atoms with van der Waals surface area (Å²) < 4.78 is 10.8. The van der Waals surface area contributed by atoms with Gasteiger partial charge in [0.15, 0.2) is 5.16 Å². The highest BCUT2D eigenvalue weighted by Crippen LogP contribution is 2.40. The molecule has 0 radical (unpaired) electrons. The Labute approximate surface area is 201 Å². The second-order valence-corrected chi connectivity index (χ2v) is 10.6. The molecule has 0 aliphatic heterocycles. The number of carbonyl (C=O) groups excluding carboxylic acids is 2. The van der Waals surface area contributed by atoms with Crippen molar-refractivity contribution in [2.24, 2.45) is 5.92 Å². The summed E-state index contributed by atoms with van der Waals surface area (Å²) in [6.07, 6.45) is 2.80. The number of benzene rings is 1. The van der Waals surface area contributed by atoms with Gasteiger partial charge >= 0.3 is 5.97 Å². The molecule has 2 atom stereocenters. The average Bonchev–Trinajstić information content (AvgIpc) is 3.33. The topological polar surface area (TPSA) is 93.3 Å². The van der Waals surface area contributed by atoms with Crippen molar-refractivity contribution < 1.29 is 19.1 Å². The maximum atomic E-state index is 13.0. The van der Waals surface area contributed by atoms with Crippen molar-refractivity contribution in [3.05, 3.63) is 34.2 Å². The van der Waals surface area contributed by atoms with Gasteiger partial charge in [0.05, 0.1) is 35.1 Å². The quantitative estimate of drug-likeness (QED) is 0.324. The van der Waals surface area contributed by atoms with E-state index in [2.05, 4.69) is 22.2 Å². The van der Waals surface area contributed by atoms with Gasteiger partial charge in [0.2, 0.25) is 5.91 Å². The van der Waals surface area contributed by atoms with Crippen LogP contribution in [0.1, 0.15) is 54.9 Å². The molecule has 2 N–H and O–H groups in total. The third kappa shape index (κ3) is 5.19. The zero-order valence-electron chi connectivity index (χ0n) is 19.3. The van der Waals surface area contributed by atoms with Crippen LogP contribution >= 0.6 is 23.1 Å². The number of hydrogen-bond donors (Lipinski definition) is 2. The van der Waals surface area contributed by atoms with Crippen molar-refractivity contribution in [1.82, 2.24) is 9.97 Å². The van der Waals surface area contributed by atoms with Crippen LogP contribution in [0.15, 0.2) is 23.4 Å². The monoisotopic (exact) mass is 487 g/mol. The van der Waals surface area contributed by atoms with Gasteiger partial charge in [-0.25, -0.2) is 9.78 Å². The molecule has 0 saturated carbocycles. The number of aromatic amines is 1. The van der Waals surface area contributed by atoms with Gasteiger partial charge in [-0.1, -0.05) is 18.7 Å². The van der Waals surface area contributed by atoms with Crippen molar-refractivity contribution in [2.75, 3.05) is 18.5 Å². The number of aromatic nitrogens is 2. The Balaban J connectivity index is 1.51. The Morgan fingerprint density at radius 1 is 1.33 bits per heavy atom. The van der Waals surface area contributed by atoms with Gasteiger partial charge < -0.3 is 19.8 Å². The summed E-state index contributed by atoms with van der Waals surface area (Å²) in [5.74, 6) is 0.814. The van der Waals surface area contributed by atoms with Crippen LogP contribution < -0.4 is 10.1 Å². The van der Waals surface area contributed by atoms with Gasteiger partial charge in [0.25, 0.3) is 0 Å². The number of amides is 1. The molecule has 2 aromatic heterocycles. The minimum absolute atomic E-state index is 0.173. The van der Waals surface area contributed by atoms with E-state index in [0.717, 1.165) is 41.6 Å². The van der Waals surface area contributed by atoms with Gasteiger partial charge in [-0.15, -0.1) is 11.3 Å². The van der Waals surface area contributed by atoms with E-state index in [4.69, 9.17) is 9.47 Å². The van der Waals surface area contributed by atoms with Crippen LogP contribution in [0, 0.1) is 5.92 Å². The summed E-state index contributed by atoms with van der Waals surface area (Å²) in [6.45, 7) is 8.68. The Kier molecular flexibility index (Phi) is 7.29. The summed E-state index contributed by atoms with van der Waals surface area (Å²) in [5, 5.41) is 3.84. The smallest absolute Gasteiger partial charge is 0.341 e. The Morgan fingerprint density at radius 2 is 2.15 bits per heavy atom. The van der Waals surface area contributed by atoms with Crippen LogP contribution in [-0.4, -0.2) is 40.3 Å². The maximum absolute atomic E-state index is 13.0. The molecule has 3 aromatic rings. The number of esters is 1. The van der Waals surface area contributed by atoms with E-state index in [9.17, 15) is 9.59 Å². The Hall–Kier alpha value is -2.52. The summed E-state index contributed by atoms with van der Waals surface area (Å²) in [7, 11) is 0. The first-order chi connectivity index (χ1) is 15.9. The van der Waals surface area contributed by atoms with Crippen molar-refractivity contribution in [3.63, 3.8) is 0 Å². The number of thioether (sulfide) groups is 1. The second kappa shape index (κ2) is 10.2. The first-order valence-electron chi connectivity index (χ1n) is 11.3. The van der Waals surface area contributed by atoms with Crippen LogP contribution in [0.3, 0.4) is 0 Å². The standard InChI is InChI=1S/C24H29N3O4S2/c1-5-30-15-8-10-17-18(12-15)26-24(25-17)32-14(4)21(28)27-22-20(23(29)31-6-2)16-9-7-13(3)11-19(16)33-22/h8,10,12-14H,5-7,9,11H2,1-4H3,(H,25,26)(H,27,28)/t13-,14+/m0/s1. The van der Waals surface area contributed by atoms with Crippen LogP contribution in [0.5, 0.6) is 5.75 Å². The lowest BCUT2D eigenvalue weighted by atomic mass is 9.88. The summed E-state index contributed by atoms with van der Waals surface area (Å²) in [5.41, 5.74) is 3.25. The zero-order valence-corrected chi connectivity index (χ0v) is 21.0. The summed E-state index contributed by atoms with van der Waals surface area (Å²) in [4.78, 5) is 34.7. The lowest BCUT2D eigenvalue weighted by Gasteiger charge is -2.18. The zero-order chi connectivity index (χ0) is 23.5. The number of fused-ring (bicyclic) bond motifs is 2. The normalized spacial score (nSPS) is 16.3. The Morgan fingerprint density at radius 3 is 2.91 bits per heavy atom. The molecule has 1 aromatic carbocycles. The van der Waals surface area contributed by atoms with E-state index in [1.807, 2.05) is 32.0 Å². The first-order valence-corrected chi connectivity index (χ1v) is 13.0. The number of thiophene rings is 1.